The molecule has 4 heteroatoms. The molecule has 1 heterocycles. The maximum absolute atomic E-state index is 12.2. The lowest BCUT2D eigenvalue weighted by Gasteiger charge is -2.11. The van der Waals surface area contributed by atoms with Gasteiger partial charge in [-0.25, -0.2) is 0 Å². The minimum atomic E-state index is -4.16. The third kappa shape index (κ3) is 3.53. The fraction of sp³-hybridized carbons (Fsp3) is 0.545. The van der Waals surface area contributed by atoms with Crippen LogP contribution < -0.4 is 0 Å². The summed E-state index contributed by atoms with van der Waals surface area (Å²) in [4.78, 5) is 4.02. The molecular weight excluding hydrogens is 203 g/mol. The number of alkyl halides is 3. The first-order chi connectivity index (χ1) is 6.79. The van der Waals surface area contributed by atoms with Gasteiger partial charge in [0.2, 0.25) is 0 Å². The van der Waals surface area contributed by atoms with Crippen LogP contribution in [0.15, 0.2) is 12.3 Å². The van der Waals surface area contributed by atoms with Crippen molar-refractivity contribution in [3.8, 4) is 0 Å². The third-order valence-corrected chi connectivity index (χ3v) is 2.22. The Labute approximate surface area is 87.3 Å². The lowest BCUT2D eigenvalue weighted by atomic mass is 10.0. The minimum absolute atomic E-state index is 0.239. The Balaban J connectivity index is 2.94. The SMILES string of the molecule is Cc1cc(C(C)C)ncc1CC(F)(F)F. The quantitative estimate of drug-likeness (QED) is 0.737. The number of rotatable bonds is 2. The first-order valence-corrected chi connectivity index (χ1v) is 4.82. The number of pyridine rings is 1. The number of hydrogen-bond donors (Lipinski definition) is 0. The van der Waals surface area contributed by atoms with Gasteiger partial charge in [0.1, 0.15) is 0 Å². The molecule has 0 radical (unpaired) electrons. The highest BCUT2D eigenvalue weighted by molar-refractivity contribution is 5.27. The van der Waals surface area contributed by atoms with E-state index >= 15 is 0 Å². The van der Waals surface area contributed by atoms with Crippen molar-refractivity contribution in [1.82, 2.24) is 4.98 Å². The molecule has 0 saturated carbocycles. The molecule has 0 N–H and O–H groups in total. The lowest BCUT2D eigenvalue weighted by Crippen LogP contribution is -2.13. The van der Waals surface area contributed by atoms with Crippen LogP contribution in [0.2, 0.25) is 0 Å². The van der Waals surface area contributed by atoms with E-state index in [1.54, 1.807) is 13.0 Å². The van der Waals surface area contributed by atoms with Crippen molar-refractivity contribution < 1.29 is 13.2 Å². The van der Waals surface area contributed by atoms with Gasteiger partial charge in [0.05, 0.1) is 6.42 Å². The molecule has 0 aliphatic heterocycles. The van der Waals surface area contributed by atoms with E-state index in [9.17, 15) is 13.2 Å². The fourth-order valence-electron chi connectivity index (χ4n) is 1.32. The van der Waals surface area contributed by atoms with Crippen LogP contribution in [0, 0.1) is 6.92 Å². The molecular formula is C11H14F3N. The highest BCUT2D eigenvalue weighted by Crippen LogP contribution is 2.24. The third-order valence-electron chi connectivity index (χ3n) is 2.22. The van der Waals surface area contributed by atoms with Gasteiger partial charge in [0.15, 0.2) is 0 Å². The number of hydrogen-bond acceptors (Lipinski definition) is 1. The zero-order valence-electron chi connectivity index (χ0n) is 9.02. The van der Waals surface area contributed by atoms with Crippen LogP contribution >= 0.6 is 0 Å². The zero-order chi connectivity index (χ0) is 11.6. The Bertz CT molecular complexity index is 342. The Kier molecular flexibility index (Phi) is 3.37. The first-order valence-electron chi connectivity index (χ1n) is 4.82. The summed E-state index contributed by atoms with van der Waals surface area (Å²) >= 11 is 0. The van der Waals surface area contributed by atoms with Gasteiger partial charge in [-0.05, 0) is 30.0 Å². The largest absolute Gasteiger partial charge is 0.393 e. The maximum Gasteiger partial charge on any atom is 0.393 e. The van der Waals surface area contributed by atoms with Gasteiger partial charge in [-0.15, -0.1) is 0 Å². The number of aromatic nitrogens is 1. The van der Waals surface area contributed by atoms with Gasteiger partial charge in [-0.3, -0.25) is 4.98 Å². The van der Waals surface area contributed by atoms with Crippen molar-refractivity contribution in [3.05, 3.63) is 29.1 Å². The normalized spacial score (nSPS) is 12.2. The van der Waals surface area contributed by atoms with Gasteiger partial charge in [0, 0.05) is 11.9 Å². The van der Waals surface area contributed by atoms with Crippen LogP contribution in [0.4, 0.5) is 13.2 Å². The summed E-state index contributed by atoms with van der Waals surface area (Å²) in [5.74, 6) is 0.239. The molecule has 0 fully saturated rings. The summed E-state index contributed by atoms with van der Waals surface area (Å²) in [6.07, 6.45) is -3.73. The molecule has 0 saturated heterocycles. The van der Waals surface area contributed by atoms with Gasteiger partial charge in [-0.2, -0.15) is 13.2 Å². The summed E-state index contributed by atoms with van der Waals surface area (Å²) in [5, 5.41) is 0. The molecule has 0 amide bonds. The summed E-state index contributed by atoms with van der Waals surface area (Å²) in [7, 11) is 0. The van der Waals surface area contributed by atoms with E-state index in [-0.39, 0.29) is 11.5 Å². The van der Waals surface area contributed by atoms with E-state index in [1.165, 1.54) is 6.20 Å². The molecule has 1 aromatic heterocycles. The average Bonchev–Trinajstić information content (AvgIpc) is 2.05. The van der Waals surface area contributed by atoms with Crippen LogP contribution in [0.25, 0.3) is 0 Å². The second-order valence-corrected chi connectivity index (χ2v) is 3.98. The second kappa shape index (κ2) is 4.21. The van der Waals surface area contributed by atoms with Crippen molar-refractivity contribution in [2.75, 3.05) is 0 Å². The van der Waals surface area contributed by atoms with Crippen molar-refractivity contribution in [2.45, 2.75) is 39.3 Å². The molecule has 0 aliphatic carbocycles. The summed E-state index contributed by atoms with van der Waals surface area (Å²) in [6, 6.07) is 1.73. The van der Waals surface area contributed by atoms with Crippen LogP contribution in [-0.2, 0) is 6.42 Å². The van der Waals surface area contributed by atoms with Crippen LogP contribution in [0.5, 0.6) is 0 Å². The fourth-order valence-corrected chi connectivity index (χ4v) is 1.32. The van der Waals surface area contributed by atoms with E-state index in [4.69, 9.17) is 0 Å². The summed E-state index contributed by atoms with van der Waals surface area (Å²) in [5.41, 5.74) is 1.75. The number of aryl methyl sites for hydroxylation is 1. The molecule has 1 rings (SSSR count). The van der Waals surface area contributed by atoms with Crippen molar-refractivity contribution in [2.24, 2.45) is 0 Å². The van der Waals surface area contributed by atoms with Gasteiger partial charge in [0.25, 0.3) is 0 Å². The molecule has 0 aliphatic rings. The molecule has 0 atom stereocenters. The Morgan fingerprint density at radius 2 is 1.93 bits per heavy atom. The van der Waals surface area contributed by atoms with Crippen molar-refractivity contribution in [1.29, 1.82) is 0 Å². The Morgan fingerprint density at radius 1 is 1.33 bits per heavy atom. The average molecular weight is 217 g/mol. The van der Waals surface area contributed by atoms with E-state index in [2.05, 4.69) is 4.98 Å². The maximum atomic E-state index is 12.2. The summed E-state index contributed by atoms with van der Waals surface area (Å²) < 4.78 is 36.5. The van der Waals surface area contributed by atoms with Crippen LogP contribution in [-0.4, -0.2) is 11.2 Å². The van der Waals surface area contributed by atoms with Crippen LogP contribution in [0.1, 0.15) is 36.6 Å². The molecule has 0 bridgehead atoms. The van der Waals surface area contributed by atoms with Gasteiger partial charge in [-0.1, -0.05) is 13.8 Å². The van der Waals surface area contributed by atoms with E-state index in [1.807, 2.05) is 13.8 Å². The highest BCUT2D eigenvalue weighted by atomic mass is 19.4. The number of nitrogens with zero attached hydrogens (tertiary/aromatic N) is 1. The molecule has 0 unspecified atom stereocenters. The zero-order valence-corrected chi connectivity index (χ0v) is 9.02. The van der Waals surface area contributed by atoms with Crippen molar-refractivity contribution >= 4 is 0 Å². The van der Waals surface area contributed by atoms with E-state index < -0.39 is 12.6 Å². The minimum Gasteiger partial charge on any atom is -0.261 e. The standard InChI is InChI=1S/C11H14F3N/c1-7(2)10-4-8(3)9(6-15-10)5-11(12,13)14/h4,6-7H,5H2,1-3H3. The topological polar surface area (TPSA) is 12.9 Å². The van der Waals surface area contributed by atoms with Crippen LogP contribution in [0.3, 0.4) is 0 Å². The van der Waals surface area contributed by atoms with Crippen molar-refractivity contribution in [3.63, 3.8) is 0 Å². The predicted octanol–water partition coefficient (Wildman–Crippen LogP) is 3.62. The second-order valence-electron chi connectivity index (χ2n) is 3.98. The molecule has 15 heavy (non-hydrogen) atoms. The molecule has 0 spiro atoms. The Hall–Kier alpha value is -1.06. The lowest BCUT2D eigenvalue weighted by molar-refractivity contribution is -0.127. The molecule has 1 aromatic rings. The molecule has 0 aromatic carbocycles. The van der Waals surface area contributed by atoms with E-state index in [0.29, 0.717) is 5.56 Å². The van der Waals surface area contributed by atoms with Gasteiger partial charge < -0.3 is 0 Å². The van der Waals surface area contributed by atoms with E-state index in [0.717, 1.165) is 5.69 Å². The predicted molar refractivity (Wildman–Crippen MR) is 52.8 cm³/mol. The Morgan fingerprint density at radius 3 is 2.33 bits per heavy atom. The summed E-state index contributed by atoms with van der Waals surface area (Å²) in [6.45, 7) is 5.62. The monoisotopic (exact) mass is 217 g/mol. The highest BCUT2D eigenvalue weighted by Gasteiger charge is 2.28. The molecule has 84 valence electrons. The first kappa shape index (κ1) is 12.0. The van der Waals surface area contributed by atoms with Gasteiger partial charge >= 0.3 is 6.18 Å². The number of halogens is 3. The smallest absolute Gasteiger partial charge is 0.261 e. The molecule has 1 nitrogen and oxygen atoms in total.